The van der Waals surface area contributed by atoms with Gasteiger partial charge in [-0.05, 0) is 79.0 Å². The number of nitro benzene ring substituents is 1. The molecular formula is C29H27BrN4O8S. The van der Waals surface area contributed by atoms with Gasteiger partial charge in [-0.25, -0.2) is 9.79 Å². The second-order valence-electron chi connectivity index (χ2n) is 9.43. The van der Waals surface area contributed by atoms with E-state index in [0.29, 0.717) is 33.1 Å². The standard InChI is InChI=1S/C29H27BrN4O8S/c1-6-40-28(36)24-16(4)32-29-33(25(24)18-7-8-21(42-15(2)3)22(14-18)39-5)27(35)23(43-29)13-17-11-19(30)26(41-10-9-31)20(12-17)34(37)38/h7-8,11-15,25H,6,10H2,1-5H3/b23-13+/t25-/m1/s1. The Kier molecular flexibility index (Phi) is 9.67. The second-order valence-corrected chi connectivity index (χ2v) is 11.3. The fourth-order valence-electron chi connectivity index (χ4n) is 4.53. The quantitative estimate of drug-likeness (QED) is 0.176. The van der Waals surface area contributed by atoms with Crippen molar-refractivity contribution in [3.05, 3.63) is 87.0 Å². The van der Waals surface area contributed by atoms with Gasteiger partial charge in [-0.15, -0.1) is 0 Å². The Hall–Kier alpha value is -4.48. The summed E-state index contributed by atoms with van der Waals surface area (Å²) in [6, 6.07) is 8.85. The van der Waals surface area contributed by atoms with E-state index in [4.69, 9.17) is 24.2 Å². The molecule has 1 aliphatic rings. The topological polar surface area (TPSA) is 155 Å². The van der Waals surface area contributed by atoms with Crippen LogP contribution in [0.2, 0.25) is 0 Å². The van der Waals surface area contributed by atoms with E-state index in [2.05, 4.69) is 20.9 Å². The van der Waals surface area contributed by atoms with Crippen molar-refractivity contribution >= 4 is 45.0 Å². The zero-order valence-electron chi connectivity index (χ0n) is 23.9. The summed E-state index contributed by atoms with van der Waals surface area (Å²) < 4.78 is 23.9. The third kappa shape index (κ3) is 6.47. The third-order valence-electron chi connectivity index (χ3n) is 6.20. The molecule has 224 valence electrons. The van der Waals surface area contributed by atoms with Crippen molar-refractivity contribution in [1.29, 1.82) is 5.26 Å². The summed E-state index contributed by atoms with van der Waals surface area (Å²) in [5.74, 6) is 0.208. The number of nitro groups is 1. The van der Waals surface area contributed by atoms with E-state index >= 15 is 0 Å². The number of ether oxygens (including phenoxy) is 4. The van der Waals surface area contributed by atoms with Crippen molar-refractivity contribution in [2.45, 2.75) is 39.8 Å². The van der Waals surface area contributed by atoms with Crippen molar-refractivity contribution in [2.24, 2.45) is 4.99 Å². The molecule has 0 N–H and O–H groups in total. The van der Waals surface area contributed by atoms with Gasteiger partial charge in [0.1, 0.15) is 6.07 Å². The molecule has 0 spiro atoms. The van der Waals surface area contributed by atoms with Gasteiger partial charge in [0.25, 0.3) is 5.56 Å². The number of methoxy groups -OCH3 is 1. The summed E-state index contributed by atoms with van der Waals surface area (Å²) in [4.78, 5) is 43.2. The summed E-state index contributed by atoms with van der Waals surface area (Å²) in [5.41, 5.74) is 0.636. The molecule has 1 atom stereocenters. The fourth-order valence-corrected chi connectivity index (χ4v) is 6.16. The number of hydrogen-bond donors (Lipinski definition) is 0. The minimum atomic E-state index is -0.901. The van der Waals surface area contributed by atoms with Crippen LogP contribution in [0, 0.1) is 21.4 Å². The lowest BCUT2D eigenvalue weighted by Gasteiger charge is -2.25. The summed E-state index contributed by atoms with van der Waals surface area (Å²) in [7, 11) is 1.50. The third-order valence-corrected chi connectivity index (χ3v) is 7.78. The van der Waals surface area contributed by atoms with Crippen LogP contribution in [-0.2, 0) is 9.53 Å². The normalized spacial score (nSPS) is 14.6. The Bertz CT molecular complexity index is 1850. The molecule has 0 saturated carbocycles. The minimum Gasteiger partial charge on any atom is -0.493 e. The smallest absolute Gasteiger partial charge is 0.338 e. The summed E-state index contributed by atoms with van der Waals surface area (Å²) in [6.45, 7) is 6.87. The van der Waals surface area contributed by atoms with Gasteiger partial charge in [-0.3, -0.25) is 19.5 Å². The predicted molar refractivity (Wildman–Crippen MR) is 161 cm³/mol. The highest BCUT2D eigenvalue weighted by atomic mass is 79.9. The maximum atomic E-state index is 14.0. The molecule has 43 heavy (non-hydrogen) atoms. The van der Waals surface area contributed by atoms with Crippen LogP contribution in [0.1, 0.15) is 44.9 Å². The SMILES string of the molecule is CCOC(=O)C1=C(C)N=c2s/c(=C/c3cc(Br)c(OCC#N)c([N+](=O)[O-])c3)c(=O)n2[C@@H]1c1ccc(OC(C)C)c(OC)c1. The van der Waals surface area contributed by atoms with Gasteiger partial charge in [0.05, 0.1) is 51.1 Å². The number of nitriles is 1. The summed E-state index contributed by atoms with van der Waals surface area (Å²) >= 11 is 4.34. The molecule has 0 amide bonds. The zero-order valence-corrected chi connectivity index (χ0v) is 26.3. The lowest BCUT2D eigenvalue weighted by atomic mass is 9.95. The average Bonchev–Trinajstić information content (AvgIpc) is 3.25. The maximum Gasteiger partial charge on any atom is 0.338 e. The molecule has 0 fully saturated rings. The number of esters is 1. The highest BCUT2D eigenvalue weighted by Gasteiger charge is 2.34. The molecule has 0 unspecified atom stereocenters. The monoisotopic (exact) mass is 670 g/mol. The molecule has 0 bridgehead atoms. The number of rotatable bonds is 10. The van der Waals surface area contributed by atoms with Crippen LogP contribution < -0.4 is 29.1 Å². The van der Waals surface area contributed by atoms with E-state index in [0.717, 1.165) is 11.3 Å². The molecule has 0 radical (unpaired) electrons. The molecule has 3 aromatic rings. The Morgan fingerprint density at radius 3 is 2.67 bits per heavy atom. The number of carbonyl (C=O) groups excluding carboxylic acids is 1. The Morgan fingerprint density at radius 2 is 2.05 bits per heavy atom. The highest BCUT2D eigenvalue weighted by molar-refractivity contribution is 9.10. The van der Waals surface area contributed by atoms with Gasteiger partial charge >= 0.3 is 11.7 Å². The zero-order chi connectivity index (χ0) is 31.4. The summed E-state index contributed by atoms with van der Waals surface area (Å²) in [5, 5.41) is 20.6. The van der Waals surface area contributed by atoms with Crippen LogP contribution in [0.15, 0.2) is 55.9 Å². The van der Waals surface area contributed by atoms with Crippen LogP contribution in [0.25, 0.3) is 6.08 Å². The van der Waals surface area contributed by atoms with Crippen molar-refractivity contribution in [2.75, 3.05) is 20.3 Å². The van der Waals surface area contributed by atoms with Gasteiger partial charge in [0.15, 0.2) is 22.9 Å². The van der Waals surface area contributed by atoms with Crippen molar-refractivity contribution in [3.8, 4) is 23.3 Å². The van der Waals surface area contributed by atoms with E-state index in [9.17, 15) is 19.7 Å². The Morgan fingerprint density at radius 1 is 1.30 bits per heavy atom. The van der Waals surface area contributed by atoms with Crippen LogP contribution in [0.4, 0.5) is 5.69 Å². The number of hydrogen-bond acceptors (Lipinski definition) is 11. The number of thiazole rings is 1. The predicted octanol–water partition coefficient (Wildman–Crippen LogP) is 4.17. The molecular weight excluding hydrogens is 644 g/mol. The maximum absolute atomic E-state index is 14.0. The van der Waals surface area contributed by atoms with Gasteiger partial charge in [0, 0.05) is 6.07 Å². The van der Waals surface area contributed by atoms with Gasteiger partial charge in [-0.2, -0.15) is 5.26 Å². The largest absolute Gasteiger partial charge is 0.493 e. The van der Waals surface area contributed by atoms with Crippen LogP contribution in [0.5, 0.6) is 17.2 Å². The van der Waals surface area contributed by atoms with Crippen molar-refractivity contribution in [1.82, 2.24) is 4.57 Å². The minimum absolute atomic E-state index is 0.0984. The van der Waals surface area contributed by atoms with Crippen LogP contribution in [-0.4, -0.2) is 41.9 Å². The first-order chi connectivity index (χ1) is 20.5. The molecule has 14 heteroatoms. The number of aromatic nitrogens is 1. The van der Waals surface area contributed by atoms with E-state index < -0.39 is 22.5 Å². The van der Waals surface area contributed by atoms with Crippen molar-refractivity contribution < 1.29 is 28.7 Å². The van der Waals surface area contributed by atoms with Crippen LogP contribution >= 0.6 is 27.3 Å². The lowest BCUT2D eigenvalue weighted by molar-refractivity contribution is -0.385. The molecule has 2 heterocycles. The number of fused-ring (bicyclic) bond motifs is 1. The van der Waals surface area contributed by atoms with Gasteiger partial charge in [-0.1, -0.05) is 17.4 Å². The number of benzene rings is 2. The highest BCUT2D eigenvalue weighted by Crippen LogP contribution is 2.38. The first-order valence-corrected chi connectivity index (χ1v) is 14.6. The number of allylic oxidation sites excluding steroid dienone is 1. The lowest BCUT2D eigenvalue weighted by Crippen LogP contribution is -2.40. The van der Waals surface area contributed by atoms with Gasteiger partial charge in [0.2, 0.25) is 5.75 Å². The van der Waals surface area contributed by atoms with Gasteiger partial charge < -0.3 is 18.9 Å². The fraction of sp³-hybridized carbons (Fsp3) is 0.310. The summed E-state index contributed by atoms with van der Waals surface area (Å²) in [6.07, 6.45) is 1.38. The number of carbonyl (C=O) groups is 1. The molecule has 12 nitrogen and oxygen atoms in total. The van der Waals surface area contributed by atoms with Crippen LogP contribution in [0.3, 0.4) is 0 Å². The first-order valence-electron chi connectivity index (χ1n) is 13.0. The van der Waals surface area contributed by atoms with E-state index in [1.165, 1.54) is 23.8 Å². The molecule has 0 saturated heterocycles. The first kappa shape index (κ1) is 31.5. The number of nitrogens with zero attached hydrogens (tertiary/aromatic N) is 4. The van der Waals surface area contributed by atoms with E-state index in [1.807, 2.05) is 13.8 Å². The second kappa shape index (κ2) is 13.2. The molecule has 1 aliphatic heterocycles. The Balaban J connectivity index is 1.94. The Labute approximate surface area is 258 Å². The average molecular weight is 672 g/mol. The molecule has 4 rings (SSSR count). The van der Waals surface area contributed by atoms with E-state index in [1.54, 1.807) is 44.2 Å². The number of halogens is 1. The molecule has 1 aromatic heterocycles. The molecule has 0 aliphatic carbocycles. The van der Waals surface area contributed by atoms with Crippen molar-refractivity contribution in [3.63, 3.8) is 0 Å². The molecule has 2 aromatic carbocycles. The van der Waals surface area contributed by atoms with E-state index in [-0.39, 0.29) is 45.3 Å².